The van der Waals surface area contributed by atoms with Crippen LogP contribution in [0.4, 0.5) is 21.5 Å². The van der Waals surface area contributed by atoms with Crippen molar-refractivity contribution in [2.75, 3.05) is 36.0 Å². The summed E-state index contributed by atoms with van der Waals surface area (Å²) in [4.78, 5) is 40.7. The molecule has 2 fully saturated rings. The lowest BCUT2D eigenvalue weighted by molar-refractivity contribution is -0.384. The zero-order valence-electron chi connectivity index (χ0n) is 15.5. The molecule has 8 nitrogen and oxygen atoms in total. The van der Waals surface area contributed by atoms with Gasteiger partial charge in [-0.05, 0) is 18.2 Å². The van der Waals surface area contributed by atoms with Gasteiger partial charge in [0.25, 0.3) is 11.6 Å². The van der Waals surface area contributed by atoms with Crippen molar-refractivity contribution in [2.45, 2.75) is 12.5 Å². The second-order valence-electron chi connectivity index (χ2n) is 7.04. The van der Waals surface area contributed by atoms with Crippen LogP contribution in [0.15, 0.2) is 48.5 Å². The molecular weight excluding hydrogens is 379 g/mol. The van der Waals surface area contributed by atoms with Gasteiger partial charge in [0.2, 0.25) is 5.91 Å². The fraction of sp³-hybridized carbons (Fsp3) is 0.300. The van der Waals surface area contributed by atoms with Crippen LogP contribution >= 0.6 is 0 Å². The Bertz CT molecular complexity index is 974. The Balaban J connectivity index is 1.47. The number of amides is 2. The van der Waals surface area contributed by atoms with Crippen LogP contribution in [0.25, 0.3) is 0 Å². The molecule has 4 rings (SSSR count). The fourth-order valence-electron chi connectivity index (χ4n) is 3.90. The highest BCUT2D eigenvalue weighted by atomic mass is 19.1. The normalized spacial score (nSPS) is 20.4. The Kier molecular flexibility index (Phi) is 4.98. The molecule has 0 aromatic heterocycles. The number of benzene rings is 2. The van der Waals surface area contributed by atoms with Gasteiger partial charge in [0.15, 0.2) is 0 Å². The van der Waals surface area contributed by atoms with Crippen LogP contribution in [0.3, 0.4) is 0 Å². The minimum Gasteiger partial charge on any atom is -0.367 e. The lowest BCUT2D eigenvalue weighted by Gasteiger charge is -2.38. The predicted octanol–water partition coefficient (Wildman–Crippen LogP) is 2.19. The minimum atomic E-state index is -0.607. The highest BCUT2D eigenvalue weighted by Crippen LogP contribution is 2.29. The Hall–Kier alpha value is -3.33. The first-order valence-corrected chi connectivity index (χ1v) is 9.30. The number of imide groups is 1. The number of para-hydroxylation sites is 1. The maximum atomic E-state index is 14.0. The smallest absolute Gasteiger partial charge is 0.271 e. The molecule has 9 heteroatoms. The Morgan fingerprint density at radius 1 is 1.00 bits per heavy atom. The zero-order valence-corrected chi connectivity index (χ0v) is 15.5. The molecule has 150 valence electrons. The van der Waals surface area contributed by atoms with Crippen LogP contribution in [-0.2, 0) is 9.59 Å². The van der Waals surface area contributed by atoms with E-state index >= 15 is 0 Å². The first kappa shape index (κ1) is 19.0. The highest BCUT2D eigenvalue weighted by molar-refractivity contribution is 6.22. The number of nitro groups is 1. The van der Waals surface area contributed by atoms with Crippen molar-refractivity contribution < 1.29 is 18.9 Å². The minimum absolute atomic E-state index is 0.0290. The largest absolute Gasteiger partial charge is 0.367 e. The molecule has 2 amide bonds. The maximum Gasteiger partial charge on any atom is 0.271 e. The number of halogens is 1. The van der Waals surface area contributed by atoms with E-state index < -0.39 is 11.0 Å². The second-order valence-corrected chi connectivity index (χ2v) is 7.04. The number of hydrogen-bond donors (Lipinski definition) is 0. The van der Waals surface area contributed by atoms with Gasteiger partial charge in [-0.3, -0.25) is 24.6 Å². The molecular formula is C20H19FN4O4. The third kappa shape index (κ3) is 3.56. The van der Waals surface area contributed by atoms with E-state index in [2.05, 4.69) is 0 Å². The average Bonchev–Trinajstić information content (AvgIpc) is 3.02. The van der Waals surface area contributed by atoms with Crippen LogP contribution in [0, 0.1) is 15.9 Å². The van der Waals surface area contributed by atoms with E-state index in [4.69, 9.17) is 0 Å². The fourth-order valence-corrected chi connectivity index (χ4v) is 3.90. The molecule has 0 unspecified atom stereocenters. The van der Waals surface area contributed by atoms with Gasteiger partial charge in [-0.15, -0.1) is 0 Å². The van der Waals surface area contributed by atoms with Gasteiger partial charge < -0.3 is 4.90 Å². The monoisotopic (exact) mass is 398 g/mol. The summed E-state index contributed by atoms with van der Waals surface area (Å²) in [5.74, 6) is -1.04. The molecule has 2 aliphatic heterocycles. The van der Waals surface area contributed by atoms with Crippen molar-refractivity contribution in [1.82, 2.24) is 4.90 Å². The summed E-state index contributed by atoms with van der Waals surface area (Å²) in [5.41, 5.74) is 0.561. The molecule has 2 saturated heterocycles. The summed E-state index contributed by atoms with van der Waals surface area (Å²) in [6.07, 6.45) is 0.0290. The van der Waals surface area contributed by atoms with E-state index in [1.54, 1.807) is 18.2 Å². The first-order valence-electron chi connectivity index (χ1n) is 9.30. The van der Waals surface area contributed by atoms with E-state index in [1.807, 2.05) is 9.80 Å². The number of nitro benzene ring substituents is 1. The number of piperazine rings is 1. The number of carbonyl (C=O) groups is 2. The van der Waals surface area contributed by atoms with Crippen LogP contribution < -0.4 is 9.80 Å². The van der Waals surface area contributed by atoms with Gasteiger partial charge in [-0.1, -0.05) is 18.2 Å². The topological polar surface area (TPSA) is 87.0 Å². The molecule has 2 aromatic carbocycles. The highest BCUT2D eigenvalue weighted by Gasteiger charge is 2.43. The zero-order chi connectivity index (χ0) is 20.5. The third-order valence-electron chi connectivity index (χ3n) is 5.37. The first-order chi connectivity index (χ1) is 14.0. The average molecular weight is 398 g/mol. The predicted molar refractivity (Wildman–Crippen MR) is 104 cm³/mol. The number of hydrogen-bond acceptors (Lipinski definition) is 6. The molecule has 2 aromatic rings. The number of nitrogens with zero attached hydrogens (tertiary/aromatic N) is 4. The summed E-state index contributed by atoms with van der Waals surface area (Å²) in [6.45, 7) is 2.10. The lowest BCUT2D eigenvalue weighted by Crippen LogP contribution is -2.52. The van der Waals surface area contributed by atoms with Crippen molar-refractivity contribution in [2.24, 2.45) is 0 Å². The Morgan fingerprint density at radius 3 is 2.41 bits per heavy atom. The SMILES string of the molecule is O=C1C[C@H](N2CCN(c3ccccc3F)CC2)C(=O)N1c1cccc([N+](=O)[O-])c1. The number of non-ortho nitro benzene ring substituents is 1. The summed E-state index contributed by atoms with van der Waals surface area (Å²) in [7, 11) is 0. The van der Waals surface area contributed by atoms with E-state index in [0.29, 0.717) is 31.9 Å². The molecule has 0 saturated carbocycles. The Morgan fingerprint density at radius 2 is 1.72 bits per heavy atom. The summed E-state index contributed by atoms with van der Waals surface area (Å²) in [6, 6.07) is 11.5. The van der Waals surface area contributed by atoms with Crippen molar-refractivity contribution in [3.8, 4) is 0 Å². The quantitative estimate of drug-likeness (QED) is 0.446. The van der Waals surface area contributed by atoms with E-state index in [1.165, 1.54) is 30.3 Å². The number of anilines is 2. The van der Waals surface area contributed by atoms with Crippen molar-refractivity contribution in [1.29, 1.82) is 0 Å². The maximum absolute atomic E-state index is 14.0. The van der Waals surface area contributed by atoms with Gasteiger partial charge in [-0.25, -0.2) is 9.29 Å². The number of carbonyl (C=O) groups excluding carboxylic acids is 2. The summed E-state index contributed by atoms with van der Waals surface area (Å²) >= 11 is 0. The van der Waals surface area contributed by atoms with E-state index in [0.717, 1.165) is 4.90 Å². The van der Waals surface area contributed by atoms with Crippen molar-refractivity contribution in [3.05, 3.63) is 64.5 Å². The lowest BCUT2D eigenvalue weighted by atomic mass is 10.1. The van der Waals surface area contributed by atoms with Crippen LogP contribution in [0.5, 0.6) is 0 Å². The van der Waals surface area contributed by atoms with Gasteiger partial charge in [0.05, 0.1) is 28.8 Å². The molecule has 0 aliphatic carbocycles. The molecule has 0 radical (unpaired) electrons. The van der Waals surface area contributed by atoms with Gasteiger partial charge in [0.1, 0.15) is 5.82 Å². The molecule has 0 spiro atoms. The number of rotatable bonds is 4. The third-order valence-corrected chi connectivity index (χ3v) is 5.37. The molecule has 2 heterocycles. The van der Waals surface area contributed by atoms with Gasteiger partial charge in [0, 0.05) is 38.3 Å². The van der Waals surface area contributed by atoms with Crippen LogP contribution in [-0.4, -0.2) is 53.9 Å². The molecule has 2 aliphatic rings. The molecule has 0 N–H and O–H groups in total. The van der Waals surface area contributed by atoms with E-state index in [-0.39, 0.29) is 35.4 Å². The van der Waals surface area contributed by atoms with Gasteiger partial charge in [-0.2, -0.15) is 0 Å². The van der Waals surface area contributed by atoms with Crippen molar-refractivity contribution >= 4 is 28.9 Å². The van der Waals surface area contributed by atoms with Crippen LogP contribution in [0.1, 0.15) is 6.42 Å². The molecule has 29 heavy (non-hydrogen) atoms. The van der Waals surface area contributed by atoms with Crippen molar-refractivity contribution in [3.63, 3.8) is 0 Å². The molecule has 1 atom stereocenters. The van der Waals surface area contributed by atoms with Gasteiger partial charge >= 0.3 is 0 Å². The summed E-state index contributed by atoms with van der Waals surface area (Å²) < 4.78 is 14.0. The van der Waals surface area contributed by atoms with Crippen LogP contribution in [0.2, 0.25) is 0 Å². The standard InChI is InChI=1S/C20H19FN4O4/c21-16-6-1-2-7-17(16)22-8-10-23(11-9-22)18-13-19(26)24(20(18)27)14-4-3-5-15(12-14)25(28)29/h1-7,12,18H,8-11,13H2/t18-/m0/s1. The summed E-state index contributed by atoms with van der Waals surface area (Å²) in [5, 5.41) is 11.0. The Labute approximate surface area is 166 Å². The van der Waals surface area contributed by atoms with E-state index in [9.17, 15) is 24.1 Å². The second kappa shape index (κ2) is 7.59. The molecule has 0 bridgehead atoms.